The van der Waals surface area contributed by atoms with Crippen molar-refractivity contribution in [3.05, 3.63) is 11.4 Å². The van der Waals surface area contributed by atoms with E-state index >= 15 is 0 Å². The van der Waals surface area contributed by atoms with Crippen LogP contribution in [-0.2, 0) is 12.8 Å². The van der Waals surface area contributed by atoms with Gasteiger partial charge in [-0.05, 0) is 19.3 Å². The maximum absolute atomic E-state index is 9.79. The quantitative estimate of drug-likeness (QED) is 0.780. The number of rotatable bonds is 5. The Kier molecular flexibility index (Phi) is 4.34. The summed E-state index contributed by atoms with van der Waals surface area (Å²) in [7, 11) is 0. The third-order valence-corrected chi connectivity index (χ3v) is 2.23. The highest BCUT2D eigenvalue weighted by molar-refractivity contribution is 5.38. The van der Waals surface area contributed by atoms with E-state index in [1.54, 1.807) is 0 Å². The minimum atomic E-state index is 0.252. The topological polar surface area (TPSA) is 58.0 Å². The van der Waals surface area contributed by atoms with E-state index in [2.05, 4.69) is 22.2 Å². The van der Waals surface area contributed by atoms with Crippen molar-refractivity contribution in [1.29, 1.82) is 0 Å². The van der Waals surface area contributed by atoms with Crippen molar-refractivity contribution < 1.29 is 5.11 Å². The zero-order valence-electron chi connectivity index (χ0n) is 9.67. The van der Waals surface area contributed by atoms with E-state index in [0.29, 0.717) is 5.95 Å². The fourth-order valence-electron chi connectivity index (χ4n) is 1.36. The number of aromatic hydroxyl groups is 1. The minimum absolute atomic E-state index is 0.252. The molecule has 0 spiro atoms. The SMILES string of the molecule is CCCNc1nc(CC)c(O)c(CC)n1. The number of anilines is 1. The molecule has 1 heterocycles. The fourth-order valence-corrected chi connectivity index (χ4v) is 1.36. The Bertz CT molecular complexity index is 301. The first-order chi connectivity index (χ1) is 7.22. The second kappa shape index (κ2) is 5.53. The summed E-state index contributed by atoms with van der Waals surface area (Å²) < 4.78 is 0. The first kappa shape index (κ1) is 11.8. The average molecular weight is 209 g/mol. The fraction of sp³-hybridized carbons (Fsp3) is 0.636. The van der Waals surface area contributed by atoms with Crippen LogP contribution in [0.2, 0.25) is 0 Å². The molecule has 0 aromatic carbocycles. The standard InChI is InChI=1S/C11H19N3O/c1-4-7-12-11-13-8(5-2)10(15)9(6-3)14-11/h15H,4-7H2,1-3H3,(H,12,13,14). The molecule has 0 atom stereocenters. The van der Waals surface area contributed by atoms with Crippen molar-refractivity contribution in [1.82, 2.24) is 9.97 Å². The third-order valence-electron chi connectivity index (χ3n) is 2.23. The summed E-state index contributed by atoms with van der Waals surface area (Å²) in [6.45, 7) is 6.90. The first-order valence-electron chi connectivity index (χ1n) is 5.55. The van der Waals surface area contributed by atoms with Gasteiger partial charge in [0, 0.05) is 6.54 Å². The van der Waals surface area contributed by atoms with Crippen LogP contribution in [-0.4, -0.2) is 21.6 Å². The van der Waals surface area contributed by atoms with E-state index in [4.69, 9.17) is 0 Å². The van der Waals surface area contributed by atoms with Crippen LogP contribution in [0.5, 0.6) is 5.75 Å². The molecule has 4 nitrogen and oxygen atoms in total. The van der Waals surface area contributed by atoms with Crippen LogP contribution >= 0.6 is 0 Å². The van der Waals surface area contributed by atoms with Gasteiger partial charge >= 0.3 is 0 Å². The highest BCUT2D eigenvalue weighted by atomic mass is 16.3. The highest BCUT2D eigenvalue weighted by Crippen LogP contribution is 2.21. The van der Waals surface area contributed by atoms with Crippen molar-refractivity contribution in [2.24, 2.45) is 0 Å². The van der Waals surface area contributed by atoms with Crippen LogP contribution in [0.25, 0.3) is 0 Å². The van der Waals surface area contributed by atoms with Gasteiger partial charge in [0.2, 0.25) is 5.95 Å². The Morgan fingerprint density at radius 3 is 2.00 bits per heavy atom. The number of nitrogens with one attached hydrogen (secondary N) is 1. The zero-order chi connectivity index (χ0) is 11.3. The molecule has 0 aliphatic carbocycles. The number of aryl methyl sites for hydroxylation is 2. The molecule has 0 saturated carbocycles. The lowest BCUT2D eigenvalue weighted by molar-refractivity contribution is 0.454. The second-order valence-electron chi connectivity index (χ2n) is 3.42. The Morgan fingerprint density at radius 2 is 1.60 bits per heavy atom. The lowest BCUT2D eigenvalue weighted by Gasteiger charge is -2.09. The van der Waals surface area contributed by atoms with Crippen LogP contribution in [0.4, 0.5) is 5.95 Å². The number of hydrogen-bond acceptors (Lipinski definition) is 4. The van der Waals surface area contributed by atoms with Gasteiger partial charge in [-0.3, -0.25) is 0 Å². The lowest BCUT2D eigenvalue weighted by Crippen LogP contribution is -2.08. The van der Waals surface area contributed by atoms with Crippen LogP contribution in [0.15, 0.2) is 0 Å². The monoisotopic (exact) mass is 209 g/mol. The summed E-state index contributed by atoms with van der Waals surface area (Å²) in [5.41, 5.74) is 1.45. The second-order valence-corrected chi connectivity index (χ2v) is 3.42. The molecule has 0 aliphatic rings. The van der Waals surface area contributed by atoms with E-state index in [9.17, 15) is 5.11 Å². The predicted molar refractivity (Wildman–Crippen MR) is 61.2 cm³/mol. The first-order valence-corrected chi connectivity index (χ1v) is 5.55. The molecule has 0 amide bonds. The molecule has 0 unspecified atom stereocenters. The van der Waals surface area contributed by atoms with E-state index in [-0.39, 0.29) is 5.75 Å². The van der Waals surface area contributed by atoms with Gasteiger partial charge in [0.05, 0.1) is 11.4 Å². The van der Waals surface area contributed by atoms with Crippen LogP contribution in [0.1, 0.15) is 38.6 Å². The number of hydrogen-bond donors (Lipinski definition) is 2. The van der Waals surface area contributed by atoms with Crippen LogP contribution < -0.4 is 5.32 Å². The molecule has 0 aliphatic heterocycles. The van der Waals surface area contributed by atoms with Gasteiger partial charge in [-0.1, -0.05) is 20.8 Å². The van der Waals surface area contributed by atoms with E-state index in [1.165, 1.54) is 0 Å². The van der Waals surface area contributed by atoms with Gasteiger partial charge in [0.25, 0.3) is 0 Å². The Hall–Kier alpha value is -1.32. The molecule has 2 N–H and O–H groups in total. The maximum Gasteiger partial charge on any atom is 0.223 e. The van der Waals surface area contributed by atoms with Gasteiger partial charge in [0.1, 0.15) is 0 Å². The molecule has 0 saturated heterocycles. The summed E-state index contributed by atoms with van der Waals surface area (Å²) in [5.74, 6) is 0.880. The summed E-state index contributed by atoms with van der Waals surface area (Å²) in [6.07, 6.45) is 2.48. The Balaban J connectivity index is 2.98. The Morgan fingerprint density at radius 1 is 1.07 bits per heavy atom. The van der Waals surface area contributed by atoms with Gasteiger partial charge < -0.3 is 10.4 Å². The summed E-state index contributed by atoms with van der Waals surface area (Å²) >= 11 is 0. The Labute approximate surface area is 90.8 Å². The maximum atomic E-state index is 9.79. The molecular weight excluding hydrogens is 190 g/mol. The molecule has 0 radical (unpaired) electrons. The summed E-state index contributed by atoms with van der Waals surface area (Å²) in [6, 6.07) is 0. The molecule has 1 rings (SSSR count). The highest BCUT2D eigenvalue weighted by Gasteiger charge is 2.10. The largest absolute Gasteiger partial charge is 0.504 e. The number of nitrogens with zero attached hydrogens (tertiary/aromatic N) is 2. The van der Waals surface area contributed by atoms with E-state index in [1.807, 2.05) is 13.8 Å². The molecule has 4 heteroatoms. The van der Waals surface area contributed by atoms with Crippen molar-refractivity contribution in [2.45, 2.75) is 40.0 Å². The van der Waals surface area contributed by atoms with E-state index in [0.717, 1.165) is 37.2 Å². The molecule has 1 aromatic heterocycles. The predicted octanol–water partition coefficient (Wildman–Crippen LogP) is 2.13. The number of aromatic nitrogens is 2. The minimum Gasteiger partial charge on any atom is -0.504 e. The van der Waals surface area contributed by atoms with Gasteiger partial charge in [-0.25, -0.2) is 9.97 Å². The molecule has 84 valence electrons. The molecule has 0 fully saturated rings. The van der Waals surface area contributed by atoms with E-state index < -0.39 is 0 Å². The van der Waals surface area contributed by atoms with Crippen molar-refractivity contribution in [3.63, 3.8) is 0 Å². The van der Waals surface area contributed by atoms with Crippen molar-refractivity contribution in [2.75, 3.05) is 11.9 Å². The summed E-state index contributed by atoms with van der Waals surface area (Å²) in [5, 5.41) is 12.9. The summed E-state index contributed by atoms with van der Waals surface area (Å²) in [4.78, 5) is 8.53. The van der Waals surface area contributed by atoms with Gasteiger partial charge in [-0.15, -0.1) is 0 Å². The van der Waals surface area contributed by atoms with Crippen LogP contribution in [0.3, 0.4) is 0 Å². The molecule has 15 heavy (non-hydrogen) atoms. The smallest absolute Gasteiger partial charge is 0.223 e. The van der Waals surface area contributed by atoms with Gasteiger partial charge in [-0.2, -0.15) is 0 Å². The third kappa shape index (κ3) is 2.81. The normalized spacial score (nSPS) is 10.3. The molecule has 1 aromatic rings. The molecule has 0 bridgehead atoms. The van der Waals surface area contributed by atoms with Crippen molar-refractivity contribution in [3.8, 4) is 5.75 Å². The zero-order valence-corrected chi connectivity index (χ0v) is 9.67. The average Bonchev–Trinajstić information content (AvgIpc) is 2.27. The van der Waals surface area contributed by atoms with Crippen molar-refractivity contribution >= 4 is 5.95 Å². The van der Waals surface area contributed by atoms with Gasteiger partial charge in [0.15, 0.2) is 5.75 Å². The molecular formula is C11H19N3O. The van der Waals surface area contributed by atoms with Crippen LogP contribution in [0, 0.1) is 0 Å². The lowest BCUT2D eigenvalue weighted by atomic mass is 10.2.